The van der Waals surface area contributed by atoms with Crippen LogP contribution in [0.4, 0.5) is 0 Å². The van der Waals surface area contributed by atoms with Crippen LogP contribution in [0.15, 0.2) is 47.2 Å². The van der Waals surface area contributed by atoms with Crippen molar-refractivity contribution < 1.29 is 22.4 Å². The lowest BCUT2D eigenvalue weighted by Gasteiger charge is -2.20. The number of sulfonamides is 1. The number of amides is 2. The third-order valence-corrected chi connectivity index (χ3v) is 7.19. The Balaban J connectivity index is 1.37. The first-order valence-electron chi connectivity index (χ1n) is 12.0. The summed E-state index contributed by atoms with van der Waals surface area (Å²) >= 11 is 0. The average Bonchev–Trinajstić information content (AvgIpc) is 3.49. The first-order chi connectivity index (χ1) is 17.2. The number of carbonyl (C=O) groups is 2. The van der Waals surface area contributed by atoms with Crippen LogP contribution in [0.5, 0.6) is 0 Å². The summed E-state index contributed by atoms with van der Waals surface area (Å²) in [6.45, 7) is 6.88. The first kappa shape index (κ1) is 27.1. The van der Waals surface area contributed by atoms with Gasteiger partial charge in [-0.1, -0.05) is 35.8 Å². The van der Waals surface area contributed by atoms with Crippen molar-refractivity contribution in [3.63, 3.8) is 0 Å². The molecule has 10 nitrogen and oxygen atoms in total. The van der Waals surface area contributed by atoms with Crippen molar-refractivity contribution in [3.8, 4) is 5.69 Å². The van der Waals surface area contributed by atoms with E-state index < -0.39 is 15.9 Å². The maximum atomic E-state index is 12.5. The topological polar surface area (TPSA) is 127 Å². The van der Waals surface area contributed by atoms with Crippen LogP contribution in [0.25, 0.3) is 5.69 Å². The fourth-order valence-corrected chi connectivity index (χ4v) is 4.71. The van der Waals surface area contributed by atoms with Gasteiger partial charge in [0.1, 0.15) is 5.76 Å². The van der Waals surface area contributed by atoms with E-state index in [1.54, 1.807) is 11.2 Å². The van der Waals surface area contributed by atoms with Gasteiger partial charge in [0.05, 0.1) is 30.4 Å². The van der Waals surface area contributed by atoms with Crippen LogP contribution < -0.4 is 4.72 Å². The fourth-order valence-electron chi connectivity index (χ4n) is 3.63. The lowest BCUT2D eigenvalue weighted by Crippen LogP contribution is -2.32. The Morgan fingerprint density at radius 3 is 2.44 bits per heavy atom. The third kappa shape index (κ3) is 7.77. The van der Waals surface area contributed by atoms with E-state index in [0.29, 0.717) is 44.5 Å². The molecule has 2 amide bonds. The molecule has 0 aliphatic heterocycles. The zero-order chi connectivity index (χ0) is 26.1. The largest absolute Gasteiger partial charge is 0.467 e. The van der Waals surface area contributed by atoms with Gasteiger partial charge in [-0.2, -0.15) is 0 Å². The molecule has 0 bridgehead atoms. The van der Waals surface area contributed by atoms with Crippen LogP contribution in [0, 0.1) is 13.8 Å². The molecule has 194 valence electrons. The van der Waals surface area contributed by atoms with Crippen molar-refractivity contribution in [2.45, 2.75) is 59.4 Å². The number of benzene rings is 1. The first-order valence-corrected chi connectivity index (χ1v) is 13.7. The summed E-state index contributed by atoms with van der Waals surface area (Å²) in [6.07, 6.45) is 5.81. The number of aryl methyl sites for hydroxylation is 2. The van der Waals surface area contributed by atoms with Gasteiger partial charge in [-0.05, 0) is 57.4 Å². The zero-order valence-electron chi connectivity index (χ0n) is 20.9. The van der Waals surface area contributed by atoms with Crippen LogP contribution in [-0.4, -0.2) is 52.4 Å². The summed E-state index contributed by atoms with van der Waals surface area (Å²) in [7, 11) is -3.81. The lowest BCUT2D eigenvalue weighted by atomic mass is 10.1. The van der Waals surface area contributed by atoms with Crippen LogP contribution >= 0.6 is 0 Å². The maximum Gasteiger partial charge on any atom is 0.286 e. The molecule has 0 fully saturated rings. The highest BCUT2D eigenvalue weighted by atomic mass is 32.2. The van der Waals surface area contributed by atoms with Crippen molar-refractivity contribution >= 4 is 21.8 Å². The summed E-state index contributed by atoms with van der Waals surface area (Å²) < 4.78 is 33.5. The van der Waals surface area contributed by atoms with Crippen molar-refractivity contribution in [3.05, 3.63) is 65.4 Å². The highest BCUT2D eigenvalue weighted by Gasteiger charge is 2.19. The Labute approximate surface area is 211 Å². The molecule has 36 heavy (non-hydrogen) atoms. The minimum absolute atomic E-state index is 0.0480. The fraction of sp³-hybridized carbons (Fsp3) is 0.440. The van der Waals surface area contributed by atoms with Crippen molar-refractivity contribution in [2.75, 3.05) is 12.3 Å². The molecule has 2 heterocycles. The Hall–Kier alpha value is -3.47. The monoisotopic (exact) mass is 515 g/mol. The number of furan rings is 1. The van der Waals surface area contributed by atoms with Gasteiger partial charge in [-0.15, -0.1) is 5.10 Å². The second-order valence-electron chi connectivity index (χ2n) is 8.73. The van der Waals surface area contributed by atoms with Crippen LogP contribution in [-0.2, 0) is 21.4 Å². The van der Waals surface area contributed by atoms with Gasteiger partial charge < -0.3 is 9.32 Å². The second-order valence-corrected chi connectivity index (χ2v) is 10.6. The molecule has 0 saturated heterocycles. The summed E-state index contributed by atoms with van der Waals surface area (Å²) in [6, 6.07) is 9.34. The molecule has 0 radical (unpaired) electrons. The van der Waals surface area contributed by atoms with Crippen molar-refractivity contribution in [1.82, 2.24) is 24.6 Å². The zero-order valence-corrected chi connectivity index (χ0v) is 21.8. The highest BCUT2D eigenvalue weighted by Crippen LogP contribution is 2.14. The number of unbranched alkanes of at least 4 members (excludes halogenated alkanes) is 3. The van der Waals surface area contributed by atoms with Crippen molar-refractivity contribution in [1.29, 1.82) is 0 Å². The minimum atomic E-state index is -3.81. The van der Waals surface area contributed by atoms with E-state index in [4.69, 9.17) is 4.42 Å². The molecule has 0 saturated carbocycles. The average molecular weight is 516 g/mol. The predicted octanol–water partition coefficient (Wildman–Crippen LogP) is 3.54. The SMILES string of the molecule is CCN(Cc1occc1C)C(=O)CCCCCCS(=O)(=O)NC(=O)c1cn(-c2ccc(C)cc2)nn1. The minimum Gasteiger partial charge on any atom is -0.467 e. The predicted molar refractivity (Wildman–Crippen MR) is 135 cm³/mol. The van der Waals surface area contributed by atoms with E-state index in [0.717, 1.165) is 23.3 Å². The number of hydrogen-bond acceptors (Lipinski definition) is 7. The van der Waals surface area contributed by atoms with E-state index in [2.05, 4.69) is 15.0 Å². The van der Waals surface area contributed by atoms with E-state index in [1.165, 1.54) is 10.9 Å². The molecular formula is C25H33N5O5S. The van der Waals surface area contributed by atoms with E-state index in [1.807, 2.05) is 51.1 Å². The van der Waals surface area contributed by atoms with E-state index in [9.17, 15) is 18.0 Å². The molecule has 0 atom stereocenters. The lowest BCUT2D eigenvalue weighted by molar-refractivity contribution is -0.132. The van der Waals surface area contributed by atoms with Gasteiger partial charge in [0, 0.05) is 13.0 Å². The second kappa shape index (κ2) is 12.5. The molecule has 0 unspecified atom stereocenters. The van der Waals surface area contributed by atoms with Crippen LogP contribution in [0.2, 0.25) is 0 Å². The normalized spacial score (nSPS) is 11.4. The van der Waals surface area contributed by atoms with Crippen LogP contribution in [0.1, 0.15) is 66.4 Å². The number of nitrogens with zero attached hydrogens (tertiary/aromatic N) is 4. The molecule has 3 rings (SSSR count). The summed E-state index contributed by atoms with van der Waals surface area (Å²) in [5.74, 6) is -0.162. The summed E-state index contributed by atoms with van der Waals surface area (Å²) in [5, 5.41) is 7.68. The molecule has 1 N–H and O–H groups in total. The molecule has 3 aromatic rings. The third-order valence-electron chi connectivity index (χ3n) is 5.86. The number of hydrogen-bond donors (Lipinski definition) is 1. The number of carbonyl (C=O) groups excluding carboxylic acids is 2. The van der Waals surface area contributed by atoms with Gasteiger partial charge in [-0.25, -0.2) is 17.8 Å². The highest BCUT2D eigenvalue weighted by molar-refractivity contribution is 7.90. The number of rotatable bonds is 13. The quantitative estimate of drug-likeness (QED) is 0.345. The summed E-state index contributed by atoms with van der Waals surface area (Å²) in [5.41, 5.74) is 2.73. The molecule has 1 aromatic carbocycles. The Bertz CT molecular complexity index is 1260. The molecule has 0 spiro atoms. The van der Waals surface area contributed by atoms with E-state index >= 15 is 0 Å². The molecule has 11 heteroatoms. The van der Waals surface area contributed by atoms with Gasteiger partial charge in [-0.3, -0.25) is 9.59 Å². The summed E-state index contributed by atoms with van der Waals surface area (Å²) in [4.78, 5) is 26.6. The maximum absolute atomic E-state index is 12.5. The van der Waals surface area contributed by atoms with Crippen LogP contribution in [0.3, 0.4) is 0 Å². The number of aromatic nitrogens is 3. The van der Waals surface area contributed by atoms with Gasteiger partial charge in [0.15, 0.2) is 5.69 Å². The van der Waals surface area contributed by atoms with E-state index in [-0.39, 0.29) is 17.4 Å². The Morgan fingerprint density at radius 1 is 1.06 bits per heavy atom. The molecule has 0 aliphatic carbocycles. The molecular weight excluding hydrogens is 482 g/mol. The Kier molecular flexibility index (Phi) is 9.40. The van der Waals surface area contributed by atoms with Crippen molar-refractivity contribution in [2.24, 2.45) is 0 Å². The Morgan fingerprint density at radius 2 is 1.78 bits per heavy atom. The standard InChI is InChI=1S/C25H33N5O5S/c1-4-29(18-23-20(3)14-15-35-23)24(31)9-7-5-6-8-16-36(33,34)27-25(32)22-17-30(28-26-22)21-12-10-19(2)11-13-21/h10-15,17H,4-9,16,18H2,1-3H3,(H,27,32). The number of nitrogens with one attached hydrogen (secondary N) is 1. The van der Waals surface area contributed by atoms with Gasteiger partial charge in [0.2, 0.25) is 15.9 Å². The molecule has 2 aromatic heterocycles. The smallest absolute Gasteiger partial charge is 0.286 e. The van der Waals surface area contributed by atoms with Gasteiger partial charge >= 0.3 is 0 Å². The van der Waals surface area contributed by atoms with Gasteiger partial charge in [0.25, 0.3) is 5.91 Å². The molecule has 0 aliphatic rings.